The molecule has 0 aromatic carbocycles. The van der Waals surface area contributed by atoms with E-state index in [2.05, 4.69) is 50.0 Å². The first-order valence-electron chi connectivity index (χ1n) is 7.61. The average molecular weight is 279 g/mol. The summed E-state index contributed by atoms with van der Waals surface area (Å²) < 4.78 is 0. The minimum absolute atomic E-state index is 0.480. The minimum Gasteiger partial charge on any atom is -0.319 e. The molecule has 2 rings (SSSR count). The fraction of sp³-hybridized carbons (Fsp3) is 0.765. The van der Waals surface area contributed by atoms with Crippen LogP contribution in [0.3, 0.4) is 0 Å². The zero-order valence-corrected chi connectivity index (χ0v) is 13.8. The van der Waals surface area contributed by atoms with Crippen molar-refractivity contribution in [1.29, 1.82) is 0 Å². The highest BCUT2D eigenvalue weighted by Gasteiger charge is 2.38. The molecule has 0 aliphatic heterocycles. The lowest BCUT2D eigenvalue weighted by Gasteiger charge is -2.44. The summed E-state index contributed by atoms with van der Waals surface area (Å²) >= 11 is 1.83. The third kappa shape index (κ3) is 3.82. The van der Waals surface area contributed by atoms with Gasteiger partial charge in [-0.15, -0.1) is 0 Å². The number of hydrogen-bond acceptors (Lipinski definition) is 2. The molecule has 1 heterocycles. The molecule has 0 amide bonds. The van der Waals surface area contributed by atoms with Gasteiger partial charge in [0.2, 0.25) is 0 Å². The van der Waals surface area contributed by atoms with Crippen LogP contribution in [-0.2, 0) is 6.42 Å². The van der Waals surface area contributed by atoms with Crippen molar-refractivity contribution >= 4 is 11.3 Å². The molecule has 1 fully saturated rings. The van der Waals surface area contributed by atoms with E-state index in [4.69, 9.17) is 0 Å². The Morgan fingerprint density at radius 3 is 2.47 bits per heavy atom. The largest absolute Gasteiger partial charge is 0.319 e. The highest BCUT2D eigenvalue weighted by molar-refractivity contribution is 7.07. The van der Waals surface area contributed by atoms with Gasteiger partial charge >= 0.3 is 0 Å². The Labute approximate surface area is 122 Å². The molecule has 1 aliphatic rings. The summed E-state index contributed by atoms with van der Waals surface area (Å²) in [5, 5.41) is 7.99. The molecule has 0 radical (unpaired) electrons. The van der Waals surface area contributed by atoms with E-state index in [1.54, 1.807) is 0 Å². The number of hydrogen-bond donors (Lipinski definition) is 1. The van der Waals surface area contributed by atoms with Gasteiger partial charge in [-0.1, -0.05) is 20.8 Å². The Balaban J connectivity index is 2.02. The Bertz CT molecular complexity index is 366. The monoisotopic (exact) mass is 279 g/mol. The van der Waals surface area contributed by atoms with E-state index >= 15 is 0 Å². The summed E-state index contributed by atoms with van der Waals surface area (Å²) in [6, 6.07) is 2.30. The molecule has 19 heavy (non-hydrogen) atoms. The fourth-order valence-corrected chi connectivity index (χ4v) is 4.38. The minimum atomic E-state index is 0.480. The topological polar surface area (TPSA) is 12.0 Å². The summed E-state index contributed by atoms with van der Waals surface area (Å²) in [6.07, 6.45) is 6.82. The molecule has 1 nitrogen and oxygen atoms in total. The molecule has 0 saturated heterocycles. The van der Waals surface area contributed by atoms with E-state index in [1.807, 2.05) is 11.3 Å². The van der Waals surface area contributed by atoms with Crippen molar-refractivity contribution in [3.05, 3.63) is 22.4 Å². The molecule has 1 aromatic rings. The summed E-state index contributed by atoms with van der Waals surface area (Å²) in [4.78, 5) is 0. The number of nitrogens with one attached hydrogen (secondary N) is 1. The van der Waals surface area contributed by atoms with E-state index in [-0.39, 0.29) is 0 Å². The highest BCUT2D eigenvalue weighted by atomic mass is 32.1. The van der Waals surface area contributed by atoms with Crippen LogP contribution in [0.2, 0.25) is 0 Å². The van der Waals surface area contributed by atoms with Crippen LogP contribution in [0.15, 0.2) is 16.8 Å². The van der Waals surface area contributed by atoms with Gasteiger partial charge in [-0.3, -0.25) is 0 Å². The molecular formula is C17H29NS. The molecule has 1 saturated carbocycles. The average Bonchev–Trinajstić information content (AvgIpc) is 2.81. The SMILES string of the molecule is CNCC1(Cc2ccsc2)CCC(C(C)(C)C)CC1. The Hall–Kier alpha value is -0.340. The highest BCUT2D eigenvalue weighted by Crippen LogP contribution is 2.46. The van der Waals surface area contributed by atoms with Crippen molar-refractivity contribution in [2.45, 2.75) is 52.9 Å². The van der Waals surface area contributed by atoms with E-state index in [1.165, 1.54) is 44.2 Å². The smallest absolute Gasteiger partial charge is 0.000800 e. The van der Waals surface area contributed by atoms with E-state index in [9.17, 15) is 0 Å². The van der Waals surface area contributed by atoms with Gasteiger partial charge in [-0.25, -0.2) is 0 Å². The zero-order valence-electron chi connectivity index (χ0n) is 13.0. The first-order chi connectivity index (χ1) is 8.95. The van der Waals surface area contributed by atoms with Gasteiger partial charge in [0.15, 0.2) is 0 Å². The lowest BCUT2D eigenvalue weighted by atomic mass is 9.62. The van der Waals surface area contributed by atoms with Crippen LogP contribution >= 0.6 is 11.3 Å². The lowest BCUT2D eigenvalue weighted by molar-refractivity contribution is 0.0877. The number of thiophene rings is 1. The lowest BCUT2D eigenvalue weighted by Crippen LogP contribution is -2.40. The molecule has 0 spiro atoms. The van der Waals surface area contributed by atoms with Crippen molar-refractivity contribution in [2.24, 2.45) is 16.7 Å². The molecule has 1 aliphatic carbocycles. The quantitative estimate of drug-likeness (QED) is 0.840. The van der Waals surface area contributed by atoms with Gasteiger partial charge in [0.05, 0.1) is 0 Å². The summed E-state index contributed by atoms with van der Waals surface area (Å²) in [5.41, 5.74) is 2.51. The summed E-state index contributed by atoms with van der Waals surface area (Å²) in [6.45, 7) is 8.38. The first-order valence-corrected chi connectivity index (χ1v) is 8.55. The van der Waals surface area contributed by atoms with E-state index < -0.39 is 0 Å². The van der Waals surface area contributed by atoms with E-state index in [0.29, 0.717) is 10.8 Å². The second-order valence-electron chi connectivity index (χ2n) is 7.48. The van der Waals surface area contributed by atoms with E-state index in [0.717, 1.165) is 5.92 Å². The first kappa shape index (κ1) is 15.1. The molecule has 0 atom stereocenters. The molecule has 1 N–H and O–H groups in total. The van der Waals surface area contributed by atoms with Crippen molar-refractivity contribution < 1.29 is 0 Å². The third-order valence-corrected chi connectivity index (χ3v) is 5.71. The van der Waals surface area contributed by atoms with Crippen LogP contribution < -0.4 is 5.32 Å². The van der Waals surface area contributed by atoms with Crippen LogP contribution in [0.25, 0.3) is 0 Å². The van der Waals surface area contributed by atoms with Gasteiger partial charge in [0.1, 0.15) is 0 Å². The summed E-state index contributed by atoms with van der Waals surface area (Å²) in [7, 11) is 2.10. The molecule has 0 unspecified atom stereocenters. The van der Waals surface area contributed by atoms with Crippen LogP contribution in [0.5, 0.6) is 0 Å². The van der Waals surface area contributed by atoms with Crippen LogP contribution in [-0.4, -0.2) is 13.6 Å². The Morgan fingerprint density at radius 2 is 2.00 bits per heavy atom. The molecule has 108 valence electrons. The van der Waals surface area contributed by atoms with Crippen LogP contribution in [0.4, 0.5) is 0 Å². The van der Waals surface area contributed by atoms with Crippen LogP contribution in [0.1, 0.15) is 52.0 Å². The molecule has 1 aromatic heterocycles. The van der Waals surface area contributed by atoms with Gasteiger partial charge in [-0.2, -0.15) is 11.3 Å². The van der Waals surface area contributed by atoms with Crippen molar-refractivity contribution in [3.8, 4) is 0 Å². The Kier molecular flexibility index (Phi) is 4.73. The zero-order chi connectivity index (χ0) is 13.9. The molecule has 0 bridgehead atoms. The van der Waals surface area contributed by atoms with Gasteiger partial charge < -0.3 is 5.32 Å². The van der Waals surface area contributed by atoms with Crippen molar-refractivity contribution in [3.63, 3.8) is 0 Å². The Morgan fingerprint density at radius 1 is 1.32 bits per heavy atom. The standard InChI is InChI=1S/C17H29NS/c1-16(2,3)15-5-8-17(9-6-15,13-18-4)11-14-7-10-19-12-14/h7,10,12,15,18H,5-6,8-9,11,13H2,1-4H3. The van der Waals surface area contributed by atoms with Gasteiger partial charge in [0, 0.05) is 6.54 Å². The predicted molar refractivity (Wildman–Crippen MR) is 85.8 cm³/mol. The second-order valence-corrected chi connectivity index (χ2v) is 8.26. The molecular weight excluding hydrogens is 250 g/mol. The van der Waals surface area contributed by atoms with Gasteiger partial charge in [0.25, 0.3) is 0 Å². The second kappa shape index (κ2) is 5.97. The maximum Gasteiger partial charge on any atom is 0.000800 e. The molecule has 2 heteroatoms. The maximum absolute atomic E-state index is 3.45. The fourth-order valence-electron chi connectivity index (χ4n) is 3.71. The number of rotatable bonds is 4. The van der Waals surface area contributed by atoms with Crippen molar-refractivity contribution in [1.82, 2.24) is 5.32 Å². The van der Waals surface area contributed by atoms with Crippen LogP contribution in [0, 0.1) is 16.7 Å². The summed E-state index contributed by atoms with van der Waals surface area (Å²) in [5.74, 6) is 0.903. The van der Waals surface area contributed by atoms with Gasteiger partial charge in [-0.05, 0) is 78.3 Å². The predicted octanol–water partition coefficient (Wildman–Crippen LogP) is 4.73. The van der Waals surface area contributed by atoms with Crippen molar-refractivity contribution in [2.75, 3.05) is 13.6 Å². The normalized spacial score (nSPS) is 28.5. The third-order valence-electron chi connectivity index (χ3n) is 4.98. The maximum atomic E-state index is 3.45.